The molecule has 0 aromatic carbocycles. The van der Waals surface area contributed by atoms with Crippen molar-refractivity contribution in [2.45, 2.75) is 82.2 Å². The molecule has 1 aliphatic heterocycles. The third-order valence-corrected chi connectivity index (χ3v) is 17.4. The number of ketones is 2. The van der Waals surface area contributed by atoms with Crippen LogP contribution in [-0.4, -0.2) is 40.1 Å². The Kier molecular flexibility index (Phi) is 5.27. The second-order valence-electron chi connectivity index (χ2n) is 10.6. The van der Waals surface area contributed by atoms with Crippen LogP contribution in [0.15, 0.2) is 0 Å². The van der Waals surface area contributed by atoms with Crippen molar-refractivity contribution in [1.29, 1.82) is 0 Å². The van der Waals surface area contributed by atoms with Crippen molar-refractivity contribution < 1.29 is 28.0 Å². The monoisotopic (exact) mass is 436 g/mol. The molecule has 6 atom stereocenters. The lowest BCUT2D eigenvalue weighted by Crippen LogP contribution is -2.52. The molecular weight excluding hydrogens is 404 g/mol. The number of cyclic esters (lactones) is 2. The molecule has 0 amide bonds. The minimum absolute atomic E-state index is 0.0463. The fourth-order valence-corrected chi connectivity index (χ4v) is 16.5. The number of Topliss-reactive ketones (excluding diaryl/α,β-unsaturated/α-hetero) is 2. The maximum atomic E-state index is 12.3. The van der Waals surface area contributed by atoms with Crippen LogP contribution in [-0.2, 0) is 28.0 Å². The maximum Gasteiger partial charge on any atom is 0.317 e. The first-order chi connectivity index (χ1) is 13.5. The van der Waals surface area contributed by atoms with E-state index in [0.717, 1.165) is 25.7 Å². The average molecular weight is 437 g/mol. The molecule has 1 heterocycles. The number of hydrogen-bond acceptors (Lipinski definition) is 6. The van der Waals surface area contributed by atoms with Gasteiger partial charge in [-0.05, 0) is 75.8 Å². The summed E-state index contributed by atoms with van der Waals surface area (Å²) in [5.41, 5.74) is 0.722. The highest BCUT2D eigenvalue weighted by Gasteiger charge is 2.54. The molecule has 4 rings (SSSR count). The fraction of sp³-hybridized carbons (Fsp3) is 0.810. The van der Waals surface area contributed by atoms with Crippen LogP contribution in [0.25, 0.3) is 0 Å². The molecule has 29 heavy (non-hydrogen) atoms. The van der Waals surface area contributed by atoms with E-state index in [4.69, 9.17) is 8.85 Å². The van der Waals surface area contributed by atoms with Crippen molar-refractivity contribution in [3.05, 3.63) is 0 Å². The van der Waals surface area contributed by atoms with Crippen LogP contribution in [0.5, 0.6) is 0 Å². The molecule has 3 aliphatic carbocycles. The predicted octanol–water partition coefficient (Wildman–Crippen LogP) is 3.61. The van der Waals surface area contributed by atoms with Gasteiger partial charge < -0.3 is 8.85 Å². The molecule has 0 radical (unpaired) electrons. The Hall–Kier alpha value is -1.13. The molecule has 0 aromatic rings. The Morgan fingerprint density at radius 1 is 0.690 bits per heavy atom. The molecule has 6 nitrogen and oxygen atoms in total. The zero-order chi connectivity index (χ0) is 21.1. The molecule has 4 aliphatic rings. The van der Waals surface area contributed by atoms with Crippen LogP contribution in [0.3, 0.4) is 0 Å². The number of rotatable bonds is 4. The molecule has 0 spiro atoms. The van der Waals surface area contributed by atoms with Gasteiger partial charge in [-0.15, -0.1) is 0 Å². The summed E-state index contributed by atoms with van der Waals surface area (Å²) in [5, 5.41) is 0. The Balaban J connectivity index is 1.43. The molecule has 160 valence electrons. The van der Waals surface area contributed by atoms with E-state index >= 15 is 0 Å². The van der Waals surface area contributed by atoms with Gasteiger partial charge in [0.2, 0.25) is 0 Å². The molecule has 3 saturated carbocycles. The van der Waals surface area contributed by atoms with E-state index in [-0.39, 0.29) is 53.6 Å². The predicted molar refractivity (Wildman–Crippen MR) is 111 cm³/mol. The van der Waals surface area contributed by atoms with Gasteiger partial charge in [-0.3, -0.25) is 19.2 Å². The van der Waals surface area contributed by atoms with Gasteiger partial charge >= 0.3 is 11.9 Å². The summed E-state index contributed by atoms with van der Waals surface area (Å²) in [5.74, 6) is -1.10. The zero-order valence-corrected chi connectivity index (χ0v) is 19.9. The van der Waals surface area contributed by atoms with Gasteiger partial charge in [0.25, 0.3) is 0 Å². The van der Waals surface area contributed by atoms with Crippen molar-refractivity contribution in [2.75, 3.05) is 0 Å². The first kappa shape index (κ1) is 21.1. The Labute approximate surface area is 174 Å². The van der Waals surface area contributed by atoms with Crippen molar-refractivity contribution in [2.24, 2.45) is 23.7 Å². The SMILES string of the molecule is C[Si](C)(O[Si](C)(C)C1CCC2C(=O)OC(=O)C2C1)C1CCC2C(=O)CC(=O)C2C1. The summed E-state index contributed by atoms with van der Waals surface area (Å²) >= 11 is 0. The molecule has 0 N–H and O–H groups in total. The van der Waals surface area contributed by atoms with Crippen molar-refractivity contribution >= 4 is 40.1 Å². The standard InChI is InChI=1S/C21H32O6Si2/c1-28(2,12-5-7-14-16(9-12)19(23)11-18(14)22)27-29(3,4)13-6-8-15-17(10-13)21(25)26-20(15)24/h12-17H,5-11H2,1-4H3. The summed E-state index contributed by atoms with van der Waals surface area (Å²) in [6, 6.07) is 0. The molecule has 8 heteroatoms. The number of carbonyl (C=O) groups excluding carboxylic acids is 4. The van der Waals surface area contributed by atoms with Gasteiger partial charge in [-0.2, -0.15) is 0 Å². The highest BCUT2D eigenvalue weighted by Crippen LogP contribution is 2.50. The number of hydrogen-bond donors (Lipinski definition) is 0. The summed E-state index contributed by atoms with van der Waals surface area (Å²) < 4.78 is 11.8. The lowest BCUT2D eigenvalue weighted by molar-refractivity contribution is -0.153. The van der Waals surface area contributed by atoms with Crippen LogP contribution in [0.4, 0.5) is 0 Å². The van der Waals surface area contributed by atoms with Gasteiger partial charge in [-0.25, -0.2) is 0 Å². The van der Waals surface area contributed by atoms with Gasteiger partial charge in [0.15, 0.2) is 16.6 Å². The Bertz CT molecular complexity index is 698. The van der Waals surface area contributed by atoms with E-state index in [1.165, 1.54) is 0 Å². The molecule has 1 saturated heterocycles. The molecule has 0 bridgehead atoms. The summed E-state index contributed by atoms with van der Waals surface area (Å²) in [6.07, 6.45) is 5.05. The van der Waals surface area contributed by atoms with Crippen LogP contribution in [0, 0.1) is 23.7 Å². The second-order valence-corrected chi connectivity index (χ2v) is 19.5. The van der Waals surface area contributed by atoms with Crippen LogP contribution in [0.2, 0.25) is 37.3 Å². The summed E-state index contributed by atoms with van der Waals surface area (Å²) in [6.45, 7) is 9.00. The zero-order valence-electron chi connectivity index (χ0n) is 17.9. The molecule has 0 aromatic heterocycles. The normalized spacial score (nSPS) is 38.1. The largest absolute Gasteiger partial charge is 0.455 e. The Morgan fingerprint density at radius 2 is 1.17 bits per heavy atom. The molecular formula is C21H32O6Si2. The highest BCUT2D eigenvalue weighted by atomic mass is 28.4. The summed E-state index contributed by atoms with van der Waals surface area (Å²) in [7, 11) is -4.19. The number of carbonyl (C=O) groups is 4. The van der Waals surface area contributed by atoms with E-state index in [1.54, 1.807) is 0 Å². The minimum atomic E-state index is -2.11. The van der Waals surface area contributed by atoms with Crippen molar-refractivity contribution in [3.8, 4) is 0 Å². The number of ether oxygens (including phenoxy) is 1. The lowest BCUT2D eigenvalue weighted by atomic mass is 9.81. The topological polar surface area (TPSA) is 86.7 Å². The van der Waals surface area contributed by atoms with E-state index < -0.39 is 16.6 Å². The first-order valence-corrected chi connectivity index (χ1v) is 17.0. The second kappa shape index (κ2) is 7.23. The molecule has 4 fully saturated rings. The quantitative estimate of drug-likeness (QED) is 0.380. The van der Waals surface area contributed by atoms with E-state index in [9.17, 15) is 19.2 Å². The van der Waals surface area contributed by atoms with Gasteiger partial charge in [-0.1, -0.05) is 0 Å². The van der Waals surface area contributed by atoms with Crippen LogP contribution < -0.4 is 0 Å². The fourth-order valence-electron chi connectivity index (χ4n) is 6.42. The third-order valence-electron chi connectivity index (χ3n) is 8.18. The van der Waals surface area contributed by atoms with Crippen LogP contribution in [0.1, 0.15) is 44.9 Å². The average Bonchev–Trinajstić information content (AvgIpc) is 3.09. The van der Waals surface area contributed by atoms with Gasteiger partial charge in [0.05, 0.1) is 18.3 Å². The lowest BCUT2D eigenvalue weighted by Gasteiger charge is -2.46. The number of esters is 2. The third kappa shape index (κ3) is 3.72. The highest BCUT2D eigenvalue weighted by molar-refractivity contribution is 6.86. The smallest absolute Gasteiger partial charge is 0.317 e. The minimum Gasteiger partial charge on any atom is -0.455 e. The first-order valence-electron chi connectivity index (χ1n) is 11.0. The maximum absolute atomic E-state index is 12.3. The van der Waals surface area contributed by atoms with E-state index in [0.29, 0.717) is 23.9 Å². The van der Waals surface area contributed by atoms with E-state index in [1.807, 2.05) is 0 Å². The van der Waals surface area contributed by atoms with Crippen molar-refractivity contribution in [3.63, 3.8) is 0 Å². The van der Waals surface area contributed by atoms with Crippen LogP contribution >= 0.6 is 0 Å². The van der Waals surface area contributed by atoms with Crippen molar-refractivity contribution in [1.82, 2.24) is 0 Å². The number of fused-ring (bicyclic) bond motifs is 2. The Morgan fingerprint density at radius 3 is 1.79 bits per heavy atom. The van der Waals surface area contributed by atoms with Gasteiger partial charge in [0.1, 0.15) is 11.6 Å². The molecule has 6 unspecified atom stereocenters. The summed E-state index contributed by atoms with van der Waals surface area (Å²) in [4.78, 5) is 48.2. The van der Waals surface area contributed by atoms with E-state index in [2.05, 4.69) is 26.2 Å². The van der Waals surface area contributed by atoms with Gasteiger partial charge in [0, 0.05) is 11.8 Å².